The molecule has 0 atom stereocenters. The van der Waals surface area contributed by atoms with Gasteiger partial charge in [-0.05, 0) is 53.4 Å². The zero-order valence-corrected chi connectivity index (χ0v) is 16.7. The number of nitriles is 1. The number of amides is 1. The summed E-state index contributed by atoms with van der Waals surface area (Å²) in [6.07, 6.45) is 15.3. The van der Waals surface area contributed by atoms with Gasteiger partial charge >= 0.3 is 0 Å². The number of anilines is 1. The standard InChI is InChI=1S/C25H19N5O/c1-3-20(25(31)29-17-19-6-5-12-27-16-19)9-10-22(4-2)30-24-23-14-18(15-26)7-8-21(23)11-13-28-24/h1,4-14,16H,2,17H2,(H,28,30)(H,29,31)/b20-9+,22-10+. The van der Waals surface area contributed by atoms with Gasteiger partial charge in [0.2, 0.25) is 0 Å². The highest BCUT2D eigenvalue weighted by atomic mass is 16.1. The van der Waals surface area contributed by atoms with E-state index in [9.17, 15) is 10.1 Å². The van der Waals surface area contributed by atoms with E-state index < -0.39 is 0 Å². The van der Waals surface area contributed by atoms with Gasteiger partial charge in [0.15, 0.2) is 0 Å². The van der Waals surface area contributed by atoms with Crippen molar-refractivity contribution in [1.82, 2.24) is 15.3 Å². The van der Waals surface area contributed by atoms with E-state index in [1.54, 1.807) is 48.9 Å². The lowest BCUT2D eigenvalue weighted by Crippen LogP contribution is -2.24. The number of benzene rings is 1. The number of fused-ring (bicyclic) bond motifs is 1. The average molecular weight is 405 g/mol. The van der Waals surface area contributed by atoms with Gasteiger partial charge in [0.25, 0.3) is 5.91 Å². The van der Waals surface area contributed by atoms with Crippen molar-refractivity contribution in [3.8, 4) is 18.4 Å². The molecule has 6 nitrogen and oxygen atoms in total. The van der Waals surface area contributed by atoms with Gasteiger partial charge in [0, 0.05) is 36.2 Å². The molecule has 0 unspecified atom stereocenters. The molecular formula is C25H19N5O. The Kier molecular flexibility index (Phi) is 6.92. The third-order valence-corrected chi connectivity index (χ3v) is 4.38. The number of rotatable bonds is 7. The number of terminal acetylenes is 1. The summed E-state index contributed by atoms with van der Waals surface area (Å²) in [4.78, 5) is 20.8. The lowest BCUT2D eigenvalue weighted by Gasteiger charge is -2.09. The third kappa shape index (κ3) is 5.44. The quantitative estimate of drug-likeness (QED) is 0.354. The Morgan fingerprint density at radius 2 is 2.10 bits per heavy atom. The fraction of sp³-hybridized carbons (Fsp3) is 0.0400. The smallest absolute Gasteiger partial charge is 0.260 e. The van der Waals surface area contributed by atoms with Crippen molar-refractivity contribution >= 4 is 22.5 Å². The normalized spacial score (nSPS) is 11.3. The minimum absolute atomic E-state index is 0.169. The monoisotopic (exact) mass is 405 g/mol. The van der Waals surface area contributed by atoms with E-state index in [0.717, 1.165) is 16.3 Å². The van der Waals surface area contributed by atoms with Gasteiger partial charge in [0.1, 0.15) is 5.82 Å². The van der Waals surface area contributed by atoms with Crippen molar-refractivity contribution in [3.05, 3.63) is 102 Å². The van der Waals surface area contributed by atoms with E-state index in [1.807, 2.05) is 18.2 Å². The van der Waals surface area contributed by atoms with Gasteiger partial charge in [-0.1, -0.05) is 24.6 Å². The molecule has 6 heteroatoms. The van der Waals surface area contributed by atoms with Gasteiger partial charge in [0.05, 0.1) is 17.2 Å². The van der Waals surface area contributed by atoms with Crippen molar-refractivity contribution in [3.63, 3.8) is 0 Å². The molecule has 150 valence electrons. The minimum atomic E-state index is -0.368. The fourth-order valence-electron chi connectivity index (χ4n) is 2.78. The number of aromatic nitrogens is 2. The minimum Gasteiger partial charge on any atom is -0.347 e. The molecule has 0 bridgehead atoms. The second kappa shape index (κ2) is 10.2. The first-order valence-electron chi connectivity index (χ1n) is 9.38. The Hall–Kier alpha value is -4.68. The number of pyridine rings is 2. The number of nitrogens with zero attached hydrogens (tertiary/aromatic N) is 3. The molecule has 0 saturated heterocycles. The molecule has 0 aliphatic carbocycles. The number of allylic oxidation sites excluding steroid dienone is 3. The molecule has 0 aliphatic heterocycles. The van der Waals surface area contributed by atoms with Gasteiger partial charge in [-0.25, -0.2) is 4.98 Å². The molecule has 0 saturated carbocycles. The number of nitrogens with one attached hydrogen (secondary N) is 2. The molecule has 2 N–H and O–H groups in total. The van der Waals surface area contributed by atoms with Gasteiger partial charge in [-0.15, -0.1) is 6.42 Å². The van der Waals surface area contributed by atoms with Crippen molar-refractivity contribution in [2.45, 2.75) is 6.54 Å². The second-order valence-corrected chi connectivity index (χ2v) is 6.43. The molecule has 2 aromatic heterocycles. The van der Waals surface area contributed by atoms with E-state index in [2.05, 4.69) is 39.2 Å². The molecule has 3 aromatic rings. The topological polar surface area (TPSA) is 90.7 Å². The Morgan fingerprint density at radius 3 is 2.81 bits per heavy atom. The van der Waals surface area contributed by atoms with Crippen LogP contribution in [0.15, 0.2) is 91.1 Å². The van der Waals surface area contributed by atoms with Crippen LogP contribution in [0.4, 0.5) is 5.82 Å². The van der Waals surface area contributed by atoms with Crippen LogP contribution in [0.3, 0.4) is 0 Å². The Morgan fingerprint density at radius 1 is 1.23 bits per heavy atom. The molecular weight excluding hydrogens is 386 g/mol. The summed E-state index contributed by atoms with van der Waals surface area (Å²) in [6, 6.07) is 13.0. The third-order valence-electron chi connectivity index (χ3n) is 4.38. The van der Waals surface area contributed by atoms with Crippen molar-refractivity contribution in [1.29, 1.82) is 5.26 Å². The maximum Gasteiger partial charge on any atom is 0.260 e. The largest absolute Gasteiger partial charge is 0.347 e. The highest BCUT2D eigenvalue weighted by molar-refractivity contribution is 5.98. The maximum atomic E-state index is 12.4. The van der Waals surface area contributed by atoms with Gasteiger partial charge < -0.3 is 10.6 Å². The number of hydrogen-bond donors (Lipinski definition) is 2. The van der Waals surface area contributed by atoms with Crippen LogP contribution in [0.1, 0.15) is 11.1 Å². The SMILES string of the molecule is C#C/C(=C\C=C(/C=C)Nc1nccc2ccc(C#N)cc12)C(=O)NCc1cccnc1. The summed E-state index contributed by atoms with van der Waals surface area (Å²) in [5.41, 5.74) is 2.17. The Balaban J connectivity index is 1.79. The first-order valence-corrected chi connectivity index (χ1v) is 9.38. The van der Waals surface area contributed by atoms with Crippen LogP contribution in [0, 0.1) is 23.7 Å². The van der Waals surface area contributed by atoms with E-state index in [-0.39, 0.29) is 11.5 Å². The zero-order chi connectivity index (χ0) is 22.1. The number of carbonyl (C=O) groups is 1. The van der Waals surface area contributed by atoms with Crippen LogP contribution in [0.25, 0.3) is 10.8 Å². The van der Waals surface area contributed by atoms with Crippen LogP contribution in [0.5, 0.6) is 0 Å². The summed E-state index contributed by atoms with van der Waals surface area (Å²) in [5.74, 6) is 2.60. The van der Waals surface area contributed by atoms with E-state index in [0.29, 0.717) is 23.6 Å². The molecule has 0 fully saturated rings. The van der Waals surface area contributed by atoms with E-state index >= 15 is 0 Å². The summed E-state index contributed by atoms with van der Waals surface area (Å²) < 4.78 is 0. The molecule has 2 heterocycles. The molecule has 3 rings (SSSR count). The first-order chi connectivity index (χ1) is 15.1. The van der Waals surface area contributed by atoms with Crippen molar-refractivity contribution in [2.24, 2.45) is 0 Å². The van der Waals surface area contributed by atoms with Crippen LogP contribution < -0.4 is 10.6 Å². The molecule has 31 heavy (non-hydrogen) atoms. The second-order valence-electron chi connectivity index (χ2n) is 6.43. The molecule has 0 aliphatic rings. The fourth-order valence-corrected chi connectivity index (χ4v) is 2.78. The molecule has 0 spiro atoms. The summed E-state index contributed by atoms with van der Waals surface area (Å²) >= 11 is 0. The zero-order valence-electron chi connectivity index (χ0n) is 16.7. The summed E-state index contributed by atoms with van der Waals surface area (Å²) in [7, 11) is 0. The molecule has 1 aromatic carbocycles. The van der Waals surface area contributed by atoms with Crippen molar-refractivity contribution < 1.29 is 4.79 Å². The van der Waals surface area contributed by atoms with Crippen LogP contribution >= 0.6 is 0 Å². The number of hydrogen-bond acceptors (Lipinski definition) is 5. The van der Waals surface area contributed by atoms with Gasteiger partial charge in [-0.2, -0.15) is 5.26 Å². The molecule has 1 amide bonds. The predicted octanol–water partition coefficient (Wildman–Crippen LogP) is 3.86. The van der Waals surface area contributed by atoms with Crippen LogP contribution in [0.2, 0.25) is 0 Å². The van der Waals surface area contributed by atoms with Crippen molar-refractivity contribution in [2.75, 3.05) is 5.32 Å². The first kappa shape index (κ1) is 21.0. The number of carbonyl (C=O) groups excluding carboxylic acids is 1. The summed E-state index contributed by atoms with van der Waals surface area (Å²) in [5, 5.41) is 16.8. The lowest BCUT2D eigenvalue weighted by molar-refractivity contribution is -0.117. The van der Waals surface area contributed by atoms with Crippen LogP contribution in [-0.4, -0.2) is 15.9 Å². The van der Waals surface area contributed by atoms with E-state index in [1.165, 1.54) is 6.08 Å². The summed E-state index contributed by atoms with van der Waals surface area (Å²) in [6.45, 7) is 4.12. The average Bonchev–Trinajstić information content (AvgIpc) is 2.82. The molecule has 0 radical (unpaired) electrons. The highest BCUT2D eigenvalue weighted by Crippen LogP contribution is 2.23. The lowest BCUT2D eigenvalue weighted by atomic mass is 10.1. The van der Waals surface area contributed by atoms with E-state index in [4.69, 9.17) is 6.42 Å². The van der Waals surface area contributed by atoms with Crippen LogP contribution in [-0.2, 0) is 11.3 Å². The maximum absolute atomic E-state index is 12.4. The Bertz CT molecular complexity index is 1260. The Labute approximate surface area is 180 Å². The predicted molar refractivity (Wildman–Crippen MR) is 121 cm³/mol. The van der Waals surface area contributed by atoms with Gasteiger partial charge in [-0.3, -0.25) is 9.78 Å². The highest BCUT2D eigenvalue weighted by Gasteiger charge is 2.07.